The molecule has 0 fully saturated rings. The molecule has 2 aromatic rings. The average molecular weight is 240 g/mol. The number of likely N-dealkylation sites (N-methyl/N-ethyl adjacent to an activating group) is 1. The monoisotopic (exact) mass is 240 g/mol. The molecular formula is C15H16N2O. The van der Waals surface area contributed by atoms with Crippen LogP contribution in [0.5, 0.6) is 0 Å². The Hall–Kier alpha value is -1.71. The summed E-state index contributed by atoms with van der Waals surface area (Å²) in [5, 5.41) is 3.17. The van der Waals surface area contributed by atoms with E-state index in [2.05, 4.69) is 34.6 Å². The van der Waals surface area contributed by atoms with Crippen molar-refractivity contribution in [3.63, 3.8) is 0 Å². The van der Waals surface area contributed by atoms with Crippen molar-refractivity contribution in [2.75, 3.05) is 13.6 Å². The molecule has 2 heterocycles. The van der Waals surface area contributed by atoms with Crippen LogP contribution < -0.4 is 5.32 Å². The van der Waals surface area contributed by atoms with Gasteiger partial charge in [0.05, 0.1) is 12.7 Å². The van der Waals surface area contributed by atoms with Gasteiger partial charge >= 0.3 is 0 Å². The Morgan fingerprint density at radius 1 is 1.33 bits per heavy atom. The number of benzene rings is 1. The Morgan fingerprint density at radius 3 is 3.06 bits per heavy atom. The van der Waals surface area contributed by atoms with E-state index in [1.54, 1.807) is 6.20 Å². The highest BCUT2D eigenvalue weighted by atomic mass is 16.5. The lowest BCUT2D eigenvalue weighted by Gasteiger charge is -2.11. The van der Waals surface area contributed by atoms with Crippen LogP contribution in [0.25, 0.3) is 11.1 Å². The highest BCUT2D eigenvalue weighted by Crippen LogP contribution is 2.36. The van der Waals surface area contributed by atoms with Gasteiger partial charge in [0.15, 0.2) is 0 Å². The van der Waals surface area contributed by atoms with E-state index in [-0.39, 0.29) is 6.10 Å². The number of nitrogens with zero attached hydrogens (tertiary/aromatic N) is 1. The number of aromatic nitrogens is 1. The Morgan fingerprint density at radius 2 is 2.28 bits per heavy atom. The van der Waals surface area contributed by atoms with Crippen molar-refractivity contribution < 1.29 is 4.74 Å². The van der Waals surface area contributed by atoms with Crippen LogP contribution >= 0.6 is 0 Å². The molecule has 0 saturated heterocycles. The summed E-state index contributed by atoms with van der Waals surface area (Å²) in [6.45, 7) is 1.54. The molecule has 1 aromatic heterocycles. The van der Waals surface area contributed by atoms with E-state index in [1.165, 1.54) is 16.7 Å². The van der Waals surface area contributed by atoms with Crippen molar-refractivity contribution in [1.82, 2.24) is 10.3 Å². The van der Waals surface area contributed by atoms with Gasteiger partial charge in [-0.2, -0.15) is 0 Å². The second-order valence-corrected chi connectivity index (χ2v) is 4.47. The molecule has 0 saturated carbocycles. The molecule has 0 unspecified atom stereocenters. The average Bonchev–Trinajstić information content (AvgIpc) is 2.84. The summed E-state index contributed by atoms with van der Waals surface area (Å²) in [6, 6.07) is 10.5. The van der Waals surface area contributed by atoms with Crippen molar-refractivity contribution in [2.24, 2.45) is 0 Å². The fourth-order valence-electron chi connectivity index (χ4n) is 2.49. The van der Waals surface area contributed by atoms with E-state index in [0.717, 1.165) is 12.1 Å². The highest BCUT2D eigenvalue weighted by molar-refractivity contribution is 5.68. The maximum Gasteiger partial charge on any atom is 0.0957 e. The first-order chi connectivity index (χ1) is 8.90. The summed E-state index contributed by atoms with van der Waals surface area (Å²) < 4.78 is 5.84. The third kappa shape index (κ3) is 1.92. The first-order valence-corrected chi connectivity index (χ1v) is 6.18. The smallest absolute Gasteiger partial charge is 0.0957 e. The van der Waals surface area contributed by atoms with Crippen LogP contribution in [0.1, 0.15) is 17.2 Å². The van der Waals surface area contributed by atoms with E-state index in [9.17, 15) is 0 Å². The summed E-state index contributed by atoms with van der Waals surface area (Å²) >= 11 is 0. The number of nitrogens with one attached hydrogen (secondary N) is 1. The topological polar surface area (TPSA) is 34.1 Å². The molecule has 1 aromatic carbocycles. The fraction of sp³-hybridized carbons (Fsp3) is 0.267. The van der Waals surface area contributed by atoms with Crippen LogP contribution in [0, 0.1) is 0 Å². The molecule has 1 N–H and O–H groups in total. The van der Waals surface area contributed by atoms with Crippen molar-refractivity contribution in [2.45, 2.75) is 12.7 Å². The van der Waals surface area contributed by atoms with Crippen LogP contribution in [0.15, 0.2) is 42.7 Å². The lowest BCUT2D eigenvalue weighted by atomic mass is 9.96. The summed E-state index contributed by atoms with van der Waals surface area (Å²) in [5.74, 6) is 0. The van der Waals surface area contributed by atoms with E-state index in [1.807, 2.05) is 19.3 Å². The highest BCUT2D eigenvalue weighted by Gasteiger charge is 2.24. The quantitative estimate of drug-likeness (QED) is 0.895. The predicted octanol–water partition coefficient (Wildman–Crippen LogP) is 2.54. The molecule has 0 bridgehead atoms. The van der Waals surface area contributed by atoms with E-state index in [4.69, 9.17) is 4.74 Å². The van der Waals surface area contributed by atoms with Gasteiger partial charge in [-0.05, 0) is 29.8 Å². The van der Waals surface area contributed by atoms with Gasteiger partial charge in [0.25, 0.3) is 0 Å². The normalized spacial score (nSPS) is 17.7. The standard InChI is InChI=1S/C15H16N2O/c1-16-9-15-13-6-2-5-12(14(13)10-18-15)11-4-3-7-17-8-11/h2-8,15-16H,9-10H2,1H3/t15-/m0/s1. The Balaban J connectivity index is 2.04. The molecule has 92 valence electrons. The van der Waals surface area contributed by atoms with E-state index in [0.29, 0.717) is 6.61 Å². The van der Waals surface area contributed by atoms with Crippen molar-refractivity contribution in [1.29, 1.82) is 0 Å². The molecule has 3 nitrogen and oxygen atoms in total. The second-order valence-electron chi connectivity index (χ2n) is 4.47. The van der Waals surface area contributed by atoms with Crippen LogP contribution in [0.2, 0.25) is 0 Å². The number of pyridine rings is 1. The molecule has 0 radical (unpaired) electrons. The van der Waals surface area contributed by atoms with Gasteiger partial charge in [0.1, 0.15) is 0 Å². The number of hydrogen-bond donors (Lipinski definition) is 1. The zero-order valence-electron chi connectivity index (χ0n) is 10.4. The largest absolute Gasteiger partial charge is 0.367 e. The third-order valence-electron chi connectivity index (χ3n) is 3.35. The van der Waals surface area contributed by atoms with Crippen molar-refractivity contribution in [3.8, 4) is 11.1 Å². The lowest BCUT2D eigenvalue weighted by Crippen LogP contribution is -2.16. The second kappa shape index (κ2) is 4.88. The Bertz CT molecular complexity index is 539. The minimum Gasteiger partial charge on any atom is -0.367 e. The molecular weight excluding hydrogens is 224 g/mol. The summed E-state index contributed by atoms with van der Waals surface area (Å²) in [7, 11) is 1.95. The first-order valence-electron chi connectivity index (χ1n) is 6.18. The zero-order valence-corrected chi connectivity index (χ0v) is 10.4. The molecule has 0 aliphatic carbocycles. The van der Waals surface area contributed by atoms with Crippen LogP contribution in [0.4, 0.5) is 0 Å². The third-order valence-corrected chi connectivity index (χ3v) is 3.35. The van der Waals surface area contributed by atoms with Gasteiger partial charge in [0, 0.05) is 24.5 Å². The molecule has 3 heteroatoms. The van der Waals surface area contributed by atoms with E-state index >= 15 is 0 Å². The summed E-state index contributed by atoms with van der Waals surface area (Å²) in [6.07, 6.45) is 3.87. The Labute approximate surface area is 107 Å². The molecule has 18 heavy (non-hydrogen) atoms. The van der Waals surface area contributed by atoms with E-state index < -0.39 is 0 Å². The van der Waals surface area contributed by atoms with Crippen molar-refractivity contribution in [3.05, 3.63) is 53.9 Å². The van der Waals surface area contributed by atoms with Gasteiger partial charge in [-0.3, -0.25) is 4.98 Å². The van der Waals surface area contributed by atoms with Gasteiger partial charge < -0.3 is 10.1 Å². The van der Waals surface area contributed by atoms with Crippen LogP contribution in [-0.4, -0.2) is 18.6 Å². The SMILES string of the molecule is CNC[C@@H]1OCc2c(-c3cccnc3)cccc21. The Kier molecular flexibility index (Phi) is 3.09. The van der Waals surface area contributed by atoms with Crippen LogP contribution in [-0.2, 0) is 11.3 Å². The molecule has 3 rings (SSSR count). The molecule has 0 spiro atoms. The molecule has 1 aliphatic rings. The minimum atomic E-state index is 0.168. The van der Waals surface area contributed by atoms with Crippen molar-refractivity contribution >= 4 is 0 Å². The minimum absolute atomic E-state index is 0.168. The predicted molar refractivity (Wildman–Crippen MR) is 71.1 cm³/mol. The summed E-state index contributed by atoms with van der Waals surface area (Å²) in [4.78, 5) is 4.19. The van der Waals surface area contributed by atoms with Gasteiger partial charge in [-0.25, -0.2) is 0 Å². The maximum atomic E-state index is 5.84. The molecule has 1 atom stereocenters. The van der Waals surface area contributed by atoms with Crippen LogP contribution in [0.3, 0.4) is 0 Å². The fourth-order valence-corrected chi connectivity index (χ4v) is 2.49. The number of ether oxygens (including phenoxy) is 1. The van der Waals surface area contributed by atoms with Gasteiger partial charge in [0.2, 0.25) is 0 Å². The maximum absolute atomic E-state index is 5.84. The lowest BCUT2D eigenvalue weighted by molar-refractivity contribution is 0.0675. The molecule has 0 amide bonds. The number of hydrogen-bond acceptors (Lipinski definition) is 3. The molecule has 1 aliphatic heterocycles. The van der Waals surface area contributed by atoms with Gasteiger partial charge in [-0.1, -0.05) is 24.3 Å². The zero-order chi connectivity index (χ0) is 12.4. The van der Waals surface area contributed by atoms with Gasteiger partial charge in [-0.15, -0.1) is 0 Å². The summed E-state index contributed by atoms with van der Waals surface area (Å²) in [5.41, 5.74) is 4.98. The number of fused-ring (bicyclic) bond motifs is 1. The first kappa shape index (κ1) is 11.4. The number of rotatable bonds is 3.